The lowest BCUT2D eigenvalue weighted by atomic mass is 9.65. The van der Waals surface area contributed by atoms with Crippen LogP contribution in [0.4, 0.5) is 0 Å². The summed E-state index contributed by atoms with van der Waals surface area (Å²) >= 11 is 0. The topological polar surface area (TPSA) is 52.0 Å². The Kier molecular flexibility index (Phi) is 3.02. The second kappa shape index (κ2) is 3.86. The molecule has 2 nitrogen and oxygen atoms in total. The number of hydrogen-bond acceptors (Lipinski definition) is 2. The molecule has 0 aromatic carbocycles. The molecule has 0 saturated heterocycles. The van der Waals surface area contributed by atoms with Crippen LogP contribution in [0.3, 0.4) is 0 Å². The van der Waals surface area contributed by atoms with Gasteiger partial charge in [0.1, 0.15) is 0 Å². The van der Waals surface area contributed by atoms with Crippen LogP contribution in [0.1, 0.15) is 27.2 Å². The van der Waals surface area contributed by atoms with Gasteiger partial charge in [-0.05, 0) is 37.3 Å². The highest BCUT2D eigenvalue weighted by molar-refractivity contribution is 5.18. The maximum atomic E-state index is 5.97. The molecule has 0 aromatic heterocycles. The van der Waals surface area contributed by atoms with Crippen molar-refractivity contribution in [3.05, 3.63) is 23.5 Å². The largest absolute Gasteiger partial charge is 0.402 e. The summed E-state index contributed by atoms with van der Waals surface area (Å²) in [5.41, 5.74) is 13.3. The minimum atomic E-state index is 0.565. The van der Waals surface area contributed by atoms with E-state index in [1.54, 1.807) is 0 Å². The van der Waals surface area contributed by atoms with Gasteiger partial charge in [0.2, 0.25) is 0 Å². The van der Waals surface area contributed by atoms with Gasteiger partial charge in [-0.15, -0.1) is 0 Å². The quantitative estimate of drug-likeness (QED) is 0.638. The van der Waals surface area contributed by atoms with Gasteiger partial charge < -0.3 is 11.5 Å². The van der Waals surface area contributed by atoms with Crippen molar-refractivity contribution >= 4 is 0 Å². The van der Waals surface area contributed by atoms with Crippen molar-refractivity contribution in [1.82, 2.24) is 0 Å². The van der Waals surface area contributed by atoms with Crippen LogP contribution in [-0.4, -0.2) is 0 Å². The molecular weight excluding hydrogens is 160 g/mol. The predicted molar refractivity (Wildman–Crippen MR) is 56.6 cm³/mol. The Labute approximate surface area is 80.7 Å². The highest BCUT2D eigenvalue weighted by Crippen LogP contribution is 2.42. The predicted octanol–water partition coefficient (Wildman–Crippen LogP) is 1.98. The average molecular weight is 180 g/mol. The molecule has 13 heavy (non-hydrogen) atoms. The van der Waals surface area contributed by atoms with E-state index in [0.717, 1.165) is 23.2 Å². The summed E-state index contributed by atoms with van der Waals surface area (Å²) < 4.78 is 0. The fourth-order valence-electron chi connectivity index (χ4n) is 2.24. The lowest BCUT2D eigenvalue weighted by molar-refractivity contribution is 0.135. The van der Waals surface area contributed by atoms with Crippen LogP contribution in [0.2, 0.25) is 0 Å². The highest BCUT2D eigenvalue weighted by Gasteiger charge is 2.35. The molecule has 2 atom stereocenters. The van der Waals surface area contributed by atoms with Crippen LogP contribution in [-0.2, 0) is 0 Å². The van der Waals surface area contributed by atoms with Crippen LogP contribution in [0.5, 0.6) is 0 Å². The summed E-state index contributed by atoms with van der Waals surface area (Å²) in [6, 6.07) is 0. The number of allylic oxidation sites excluding steroid dienone is 4. The second-order valence-electron chi connectivity index (χ2n) is 4.29. The summed E-state index contributed by atoms with van der Waals surface area (Å²) in [6.07, 6.45) is 5.13. The van der Waals surface area contributed by atoms with Gasteiger partial charge in [0, 0.05) is 17.3 Å². The van der Waals surface area contributed by atoms with Crippen LogP contribution in [0.25, 0.3) is 0 Å². The van der Waals surface area contributed by atoms with E-state index in [4.69, 9.17) is 11.5 Å². The van der Waals surface area contributed by atoms with Crippen LogP contribution >= 0.6 is 0 Å². The van der Waals surface area contributed by atoms with E-state index in [2.05, 4.69) is 13.8 Å². The molecule has 2 heteroatoms. The van der Waals surface area contributed by atoms with Gasteiger partial charge in [-0.3, -0.25) is 0 Å². The Hall–Kier alpha value is -0.920. The fourth-order valence-corrected chi connectivity index (χ4v) is 2.24. The normalized spacial score (nSPS) is 35.8. The lowest BCUT2D eigenvalue weighted by Crippen LogP contribution is -2.36. The van der Waals surface area contributed by atoms with Crippen molar-refractivity contribution in [2.75, 3.05) is 0 Å². The average Bonchev–Trinajstić information content (AvgIpc) is 2.00. The smallest absolute Gasteiger partial charge is 0.0118 e. The van der Waals surface area contributed by atoms with Crippen molar-refractivity contribution in [3.63, 3.8) is 0 Å². The number of rotatable bonds is 2. The first-order valence-corrected chi connectivity index (χ1v) is 4.91. The summed E-state index contributed by atoms with van der Waals surface area (Å²) in [5.74, 6) is 2.03. The molecular formula is C11H20N2. The zero-order valence-electron chi connectivity index (χ0n) is 8.75. The zero-order chi connectivity index (χ0) is 10.0. The van der Waals surface area contributed by atoms with E-state index in [1.807, 2.05) is 19.1 Å². The zero-order valence-corrected chi connectivity index (χ0v) is 8.75. The van der Waals surface area contributed by atoms with E-state index >= 15 is 0 Å². The molecule has 0 bridgehead atoms. The summed E-state index contributed by atoms with van der Waals surface area (Å²) in [6.45, 7) is 6.38. The molecule has 4 N–H and O–H groups in total. The monoisotopic (exact) mass is 180 g/mol. The van der Waals surface area contributed by atoms with Crippen molar-refractivity contribution < 1.29 is 0 Å². The molecule has 1 rings (SSSR count). The molecule has 74 valence electrons. The van der Waals surface area contributed by atoms with Crippen LogP contribution in [0.15, 0.2) is 23.5 Å². The Morgan fingerprint density at radius 2 is 1.69 bits per heavy atom. The van der Waals surface area contributed by atoms with E-state index in [0.29, 0.717) is 5.92 Å². The SMILES string of the molecule is C/C(N)=C\C=C(\N)C1C(C)CC1C. The van der Waals surface area contributed by atoms with Crippen molar-refractivity contribution in [3.8, 4) is 0 Å². The molecule has 0 aromatic rings. The van der Waals surface area contributed by atoms with E-state index in [-0.39, 0.29) is 0 Å². The third-order valence-corrected chi connectivity index (χ3v) is 2.89. The van der Waals surface area contributed by atoms with Gasteiger partial charge in [0.25, 0.3) is 0 Å². The summed E-state index contributed by atoms with van der Waals surface area (Å²) in [4.78, 5) is 0. The lowest BCUT2D eigenvalue weighted by Gasteiger charge is -2.41. The third-order valence-electron chi connectivity index (χ3n) is 2.89. The van der Waals surface area contributed by atoms with Gasteiger partial charge in [0.05, 0.1) is 0 Å². The first-order chi connectivity index (χ1) is 6.02. The minimum Gasteiger partial charge on any atom is -0.402 e. The Morgan fingerprint density at radius 1 is 1.15 bits per heavy atom. The maximum Gasteiger partial charge on any atom is 0.0118 e. The first-order valence-electron chi connectivity index (χ1n) is 4.91. The van der Waals surface area contributed by atoms with Gasteiger partial charge in [-0.1, -0.05) is 13.8 Å². The first kappa shape index (κ1) is 10.2. The molecule has 0 heterocycles. The summed E-state index contributed by atoms with van der Waals surface area (Å²) in [5, 5.41) is 0. The molecule has 0 aliphatic heterocycles. The number of hydrogen-bond donors (Lipinski definition) is 2. The third kappa shape index (κ3) is 2.27. The van der Waals surface area contributed by atoms with E-state index in [1.165, 1.54) is 6.42 Å². The highest BCUT2D eigenvalue weighted by atomic mass is 14.6. The molecule has 1 aliphatic rings. The Morgan fingerprint density at radius 3 is 2.08 bits per heavy atom. The van der Waals surface area contributed by atoms with Crippen LogP contribution < -0.4 is 11.5 Å². The van der Waals surface area contributed by atoms with Gasteiger partial charge >= 0.3 is 0 Å². The Balaban J connectivity index is 2.61. The van der Waals surface area contributed by atoms with Crippen molar-refractivity contribution in [2.24, 2.45) is 29.2 Å². The molecule has 0 amide bonds. The maximum absolute atomic E-state index is 5.97. The fraction of sp³-hybridized carbons (Fsp3) is 0.636. The number of nitrogens with two attached hydrogens (primary N) is 2. The molecule has 1 fully saturated rings. The van der Waals surface area contributed by atoms with Crippen molar-refractivity contribution in [2.45, 2.75) is 27.2 Å². The molecule has 0 spiro atoms. The second-order valence-corrected chi connectivity index (χ2v) is 4.29. The van der Waals surface area contributed by atoms with E-state index < -0.39 is 0 Å². The molecule has 0 radical (unpaired) electrons. The molecule has 1 aliphatic carbocycles. The van der Waals surface area contributed by atoms with Gasteiger partial charge in [0.15, 0.2) is 0 Å². The molecule has 1 saturated carbocycles. The summed E-state index contributed by atoms with van der Waals surface area (Å²) in [7, 11) is 0. The van der Waals surface area contributed by atoms with Crippen LogP contribution in [0, 0.1) is 17.8 Å². The van der Waals surface area contributed by atoms with Gasteiger partial charge in [-0.25, -0.2) is 0 Å². The van der Waals surface area contributed by atoms with E-state index in [9.17, 15) is 0 Å². The van der Waals surface area contributed by atoms with Crippen molar-refractivity contribution in [1.29, 1.82) is 0 Å². The minimum absolute atomic E-state index is 0.565. The molecule has 2 unspecified atom stereocenters. The van der Waals surface area contributed by atoms with Gasteiger partial charge in [-0.2, -0.15) is 0 Å². The Bertz CT molecular complexity index is 228. The standard InChI is InChI=1S/C11H20N2/c1-7-6-8(2)11(7)10(13)5-4-9(3)12/h4-5,7-8,11H,6,12-13H2,1-3H3/b9-4+,10-5+.